The van der Waals surface area contributed by atoms with Crippen LogP contribution in [0, 0.1) is 5.92 Å². The van der Waals surface area contributed by atoms with E-state index in [0.29, 0.717) is 33.7 Å². The lowest BCUT2D eigenvalue weighted by atomic mass is 10.0. The van der Waals surface area contributed by atoms with Gasteiger partial charge in [-0.2, -0.15) is 8.78 Å². The van der Waals surface area contributed by atoms with E-state index in [0.717, 1.165) is 12.8 Å². The van der Waals surface area contributed by atoms with Crippen molar-refractivity contribution in [3.05, 3.63) is 75.8 Å². The van der Waals surface area contributed by atoms with Crippen molar-refractivity contribution in [3.63, 3.8) is 0 Å². The maximum Gasteiger partial charge on any atom is 0.387 e. The number of esters is 2. The van der Waals surface area contributed by atoms with Gasteiger partial charge in [0.1, 0.15) is 21.8 Å². The molecular weight excluding hydrogens is 533 g/mol. The van der Waals surface area contributed by atoms with Crippen LogP contribution in [0.5, 0.6) is 11.5 Å². The first-order chi connectivity index (χ1) is 17.8. The summed E-state index contributed by atoms with van der Waals surface area (Å²) in [6.07, 6.45) is 5.63. The zero-order valence-corrected chi connectivity index (χ0v) is 20.9. The van der Waals surface area contributed by atoms with Gasteiger partial charge in [-0.25, -0.2) is 14.6 Å². The lowest BCUT2D eigenvalue weighted by molar-refractivity contribution is -0.377. The number of pyridine rings is 1. The molecule has 2 N–H and O–H groups in total. The highest BCUT2D eigenvalue weighted by molar-refractivity contribution is 6.35. The minimum absolute atomic E-state index is 0.0414. The molecule has 0 spiro atoms. The number of hydrogen-bond donors (Lipinski definition) is 1. The van der Waals surface area contributed by atoms with Crippen molar-refractivity contribution >= 4 is 35.1 Å². The minimum atomic E-state index is -3.05. The molecule has 1 aliphatic carbocycles. The quantitative estimate of drug-likeness (QED) is 0.308. The van der Waals surface area contributed by atoms with Crippen molar-refractivity contribution in [1.82, 2.24) is 4.98 Å². The Hall–Kier alpha value is -3.37. The number of nitrogens with one attached hydrogen (secondary N) is 2. The molecule has 8 nitrogen and oxygen atoms in total. The first kappa shape index (κ1) is 26.7. The van der Waals surface area contributed by atoms with E-state index in [9.17, 15) is 18.4 Å². The molecule has 1 aliphatic rings. The van der Waals surface area contributed by atoms with Crippen molar-refractivity contribution in [2.75, 3.05) is 13.2 Å². The van der Waals surface area contributed by atoms with E-state index in [2.05, 4.69) is 14.7 Å². The van der Waals surface area contributed by atoms with E-state index in [1.54, 1.807) is 12.3 Å². The SMILES string of the molecule is O=C(COC(=O)c1ccc[nH]1)O[C@@H](Cc1c(Cl)c[nH+]cc1Cl)c1ccc(OC(F)F)c(OCC2CC2)c1. The van der Waals surface area contributed by atoms with Crippen LogP contribution in [0.4, 0.5) is 8.78 Å². The molecule has 2 heterocycles. The van der Waals surface area contributed by atoms with Gasteiger partial charge in [0.25, 0.3) is 0 Å². The third-order valence-corrected chi connectivity index (χ3v) is 6.20. The molecule has 196 valence electrons. The average Bonchev–Trinajstić information content (AvgIpc) is 3.53. The fourth-order valence-corrected chi connectivity index (χ4v) is 3.99. The van der Waals surface area contributed by atoms with Gasteiger partial charge < -0.3 is 23.9 Å². The fraction of sp³-hybridized carbons (Fsp3) is 0.320. The van der Waals surface area contributed by atoms with E-state index < -0.39 is 31.3 Å². The molecule has 0 aliphatic heterocycles. The topological polar surface area (TPSA) is 101 Å². The Morgan fingerprint density at radius 3 is 2.51 bits per heavy atom. The first-order valence-electron chi connectivity index (χ1n) is 11.4. The summed E-state index contributed by atoms with van der Waals surface area (Å²) in [5.41, 5.74) is 1.07. The van der Waals surface area contributed by atoms with Crippen molar-refractivity contribution in [1.29, 1.82) is 0 Å². The molecule has 4 rings (SSSR count). The van der Waals surface area contributed by atoms with Gasteiger partial charge in [-0.15, -0.1) is 0 Å². The Bertz CT molecular complexity index is 1220. The van der Waals surface area contributed by atoms with Crippen LogP contribution in [-0.4, -0.2) is 36.7 Å². The Kier molecular flexibility index (Phi) is 8.83. The molecule has 3 aromatic rings. The zero-order valence-electron chi connectivity index (χ0n) is 19.3. The molecule has 1 saturated carbocycles. The minimum Gasteiger partial charge on any atom is -0.489 e. The third-order valence-electron chi connectivity index (χ3n) is 5.53. The fourth-order valence-electron chi connectivity index (χ4n) is 3.46. The zero-order chi connectivity index (χ0) is 26.4. The van der Waals surface area contributed by atoms with Crippen LogP contribution in [0.15, 0.2) is 48.9 Å². The van der Waals surface area contributed by atoms with Crippen LogP contribution >= 0.6 is 23.2 Å². The number of alkyl halides is 2. The highest BCUT2D eigenvalue weighted by atomic mass is 35.5. The highest BCUT2D eigenvalue weighted by Gasteiger charge is 2.26. The van der Waals surface area contributed by atoms with Gasteiger partial charge >= 0.3 is 18.6 Å². The van der Waals surface area contributed by atoms with Gasteiger partial charge in [0, 0.05) is 18.2 Å². The van der Waals surface area contributed by atoms with Gasteiger partial charge in [0.15, 0.2) is 30.5 Å². The molecule has 1 fully saturated rings. The number of aromatic nitrogens is 2. The van der Waals surface area contributed by atoms with Gasteiger partial charge in [0.05, 0.1) is 6.61 Å². The van der Waals surface area contributed by atoms with Crippen molar-refractivity contribution in [3.8, 4) is 11.5 Å². The summed E-state index contributed by atoms with van der Waals surface area (Å²) in [4.78, 5) is 30.2. The predicted molar refractivity (Wildman–Crippen MR) is 128 cm³/mol. The molecule has 37 heavy (non-hydrogen) atoms. The van der Waals surface area contributed by atoms with Gasteiger partial charge in [-0.3, -0.25) is 0 Å². The van der Waals surface area contributed by atoms with Crippen molar-refractivity contribution < 1.29 is 42.3 Å². The lowest BCUT2D eigenvalue weighted by Gasteiger charge is -2.21. The van der Waals surface area contributed by atoms with Crippen LogP contribution in [0.25, 0.3) is 0 Å². The monoisotopic (exact) mass is 555 g/mol. The van der Waals surface area contributed by atoms with Gasteiger partial charge in [-0.05, 0) is 48.6 Å². The first-order valence-corrected chi connectivity index (χ1v) is 12.1. The van der Waals surface area contributed by atoms with Crippen LogP contribution in [0.2, 0.25) is 10.0 Å². The number of ether oxygens (including phenoxy) is 4. The number of halogens is 4. The molecule has 0 saturated heterocycles. The number of carbonyl (C=O) groups excluding carboxylic acids is 2. The second-order valence-corrected chi connectivity index (χ2v) is 9.13. The number of carbonyl (C=O) groups is 2. The summed E-state index contributed by atoms with van der Waals surface area (Å²) in [6, 6.07) is 7.37. The maximum atomic E-state index is 12.9. The second-order valence-electron chi connectivity index (χ2n) is 8.31. The summed E-state index contributed by atoms with van der Waals surface area (Å²) in [5, 5.41) is 0.601. The molecule has 1 aromatic carbocycles. The summed E-state index contributed by atoms with van der Waals surface area (Å²) in [6.45, 7) is -3.36. The predicted octanol–water partition coefficient (Wildman–Crippen LogP) is 5.21. The summed E-state index contributed by atoms with van der Waals surface area (Å²) < 4.78 is 46.9. The second kappa shape index (κ2) is 12.2. The van der Waals surface area contributed by atoms with E-state index >= 15 is 0 Å². The smallest absolute Gasteiger partial charge is 0.387 e. The largest absolute Gasteiger partial charge is 0.489 e. The highest BCUT2D eigenvalue weighted by Crippen LogP contribution is 2.37. The summed E-state index contributed by atoms with van der Waals surface area (Å²) >= 11 is 12.6. The van der Waals surface area contributed by atoms with E-state index in [-0.39, 0.29) is 23.6 Å². The van der Waals surface area contributed by atoms with Crippen LogP contribution in [0.1, 0.15) is 40.6 Å². The summed E-state index contributed by atoms with van der Waals surface area (Å²) in [5.74, 6) is -1.28. The molecule has 0 radical (unpaired) electrons. The number of H-pyrrole nitrogens is 2. The Morgan fingerprint density at radius 2 is 1.86 bits per heavy atom. The van der Waals surface area contributed by atoms with Crippen LogP contribution < -0.4 is 14.5 Å². The standard InChI is InChI=1S/C25H22Cl2F2N2O6/c26-17-10-30-11-18(27)16(17)9-21(36-23(32)13-35-24(33)19-2-1-7-31-19)15-5-6-20(37-25(28)29)22(8-15)34-12-14-3-4-14/h1-2,5-8,10-11,14,21,25,31H,3-4,9,12-13H2/p+1/t21-/m0/s1. The molecule has 12 heteroatoms. The Labute approximate surface area is 220 Å². The number of benzene rings is 1. The number of aromatic amines is 2. The maximum absolute atomic E-state index is 12.9. The van der Waals surface area contributed by atoms with Crippen molar-refractivity contribution in [2.45, 2.75) is 32.0 Å². The molecule has 1 atom stereocenters. The molecule has 0 amide bonds. The Morgan fingerprint density at radius 1 is 1.11 bits per heavy atom. The van der Waals surface area contributed by atoms with Crippen molar-refractivity contribution in [2.24, 2.45) is 5.92 Å². The molecular formula is C25H23Cl2F2N2O6+. The van der Waals surface area contributed by atoms with E-state index in [1.807, 2.05) is 0 Å². The van der Waals surface area contributed by atoms with Crippen LogP contribution in [0.3, 0.4) is 0 Å². The number of rotatable bonds is 12. The summed E-state index contributed by atoms with van der Waals surface area (Å²) in [7, 11) is 0. The average molecular weight is 556 g/mol. The van der Waals surface area contributed by atoms with E-state index in [1.165, 1.54) is 36.7 Å². The van der Waals surface area contributed by atoms with E-state index in [4.69, 9.17) is 37.4 Å². The van der Waals surface area contributed by atoms with Crippen LogP contribution in [-0.2, 0) is 20.7 Å². The normalized spacial score (nSPS) is 13.8. The lowest BCUT2D eigenvalue weighted by Crippen LogP contribution is -2.21. The molecule has 2 aromatic heterocycles. The van der Waals surface area contributed by atoms with Gasteiger partial charge in [0.2, 0.25) is 0 Å². The molecule has 0 unspecified atom stereocenters. The molecule has 0 bridgehead atoms. The van der Waals surface area contributed by atoms with Gasteiger partial charge in [-0.1, -0.05) is 29.3 Å². The number of hydrogen-bond acceptors (Lipinski definition) is 6. The third kappa shape index (κ3) is 7.56. The Balaban J connectivity index is 1.56.